The molecule has 0 aromatic heterocycles. The number of hydrogen-bond donors (Lipinski definition) is 4. The molecule has 286 valence electrons. The van der Waals surface area contributed by atoms with E-state index in [9.17, 15) is 33.6 Å². The van der Waals surface area contributed by atoms with Crippen LogP contribution in [-0.2, 0) is 24.0 Å². The molecule has 1 aliphatic carbocycles. The van der Waals surface area contributed by atoms with E-state index in [1.54, 1.807) is 7.05 Å². The van der Waals surface area contributed by atoms with E-state index in [2.05, 4.69) is 27.8 Å². The molecular weight excluding hydrogens is 654 g/mol. The van der Waals surface area contributed by atoms with Gasteiger partial charge in [-0.2, -0.15) is 0 Å². The zero-order chi connectivity index (χ0) is 38.4. The van der Waals surface area contributed by atoms with E-state index in [0.717, 1.165) is 24.2 Å². The lowest BCUT2D eigenvalue weighted by Crippen LogP contribution is -2.62. The Bertz CT molecular complexity index is 1330. The van der Waals surface area contributed by atoms with Gasteiger partial charge in [-0.3, -0.25) is 28.9 Å². The topological polar surface area (TPSA) is 177 Å². The summed E-state index contributed by atoms with van der Waals surface area (Å²) in [5.41, 5.74) is -1.33. The summed E-state index contributed by atoms with van der Waals surface area (Å²) in [4.78, 5) is 97.4. The van der Waals surface area contributed by atoms with E-state index in [1.165, 1.54) is 15.9 Å². The zero-order valence-corrected chi connectivity index (χ0v) is 32.1. The molecule has 0 aromatic rings. The third-order valence-electron chi connectivity index (χ3n) is 10.4. The van der Waals surface area contributed by atoms with Crippen molar-refractivity contribution >= 4 is 41.5 Å². The molecule has 0 bridgehead atoms. The molecule has 1 unspecified atom stereocenters. The van der Waals surface area contributed by atoms with Crippen molar-refractivity contribution < 1.29 is 33.6 Å². The summed E-state index contributed by atoms with van der Waals surface area (Å²) in [6.07, 6.45) is 6.21. The lowest BCUT2D eigenvalue weighted by molar-refractivity contribution is -0.145. The molecule has 3 fully saturated rings. The van der Waals surface area contributed by atoms with Crippen LogP contribution in [0.25, 0.3) is 0 Å². The van der Waals surface area contributed by atoms with Gasteiger partial charge in [-0.15, -0.1) is 6.58 Å². The predicted octanol–water partition coefficient (Wildman–Crippen LogP) is 2.82. The predicted molar refractivity (Wildman–Crippen MR) is 193 cm³/mol. The first-order valence-corrected chi connectivity index (χ1v) is 18.3. The van der Waals surface area contributed by atoms with Crippen LogP contribution in [0.4, 0.5) is 9.59 Å². The first-order valence-electron chi connectivity index (χ1n) is 18.3. The molecule has 0 spiro atoms. The maximum Gasteiger partial charge on any atom is 0.324 e. The number of carbonyl (C=O) groups is 7. The first-order chi connectivity index (χ1) is 23.7. The van der Waals surface area contributed by atoms with Crippen LogP contribution in [0.1, 0.15) is 93.9 Å². The molecule has 2 aliphatic heterocycles. The van der Waals surface area contributed by atoms with Gasteiger partial charge in [0.1, 0.15) is 12.1 Å². The third-order valence-corrected chi connectivity index (χ3v) is 10.4. The number of likely N-dealkylation sites (tertiary alicyclic amines) is 1. The highest BCUT2D eigenvalue weighted by molar-refractivity contribution is 6.38. The van der Waals surface area contributed by atoms with Crippen molar-refractivity contribution in [2.45, 2.75) is 118 Å². The number of hydrogen-bond acceptors (Lipinski definition) is 7. The third kappa shape index (κ3) is 10.8. The van der Waals surface area contributed by atoms with Crippen LogP contribution in [0.2, 0.25) is 0 Å². The average molecular weight is 716 g/mol. The van der Waals surface area contributed by atoms with E-state index in [1.807, 2.05) is 55.4 Å². The zero-order valence-electron chi connectivity index (χ0n) is 32.1. The molecule has 0 aromatic carbocycles. The fraction of sp³-hybridized carbons (Fsp3) is 0.757. The average Bonchev–Trinajstić information content (AvgIpc) is 3.66. The van der Waals surface area contributed by atoms with Crippen molar-refractivity contribution in [1.29, 1.82) is 0 Å². The molecule has 5 atom stereocenters. The van der Waals surface area contributed by atoms with Crippen LogP contribution in [0.15, 0.2) is 12.7 Å². The highest BCUT2D eigenvalue weighted by Gasteiger charge is 2.48. The van der Waals surface area contributed by atoms with E-state index in [-0.39, 0.29) is 43.9 Å². The Kier molecular flexibility index (Phi) is 13.8. The molecule has 2 heterocycles. The van der Waals surface area contributed by atoms with Crippen LogP contribution in [-0.4, -0.2) is 114 Å². The molecule has 51 heavy (non-hydrogen) atoms. The van der Waals surface area contributed by atoms with Gasteiger partial charge in [-0.1, -0.05) is 87.1 Å². The van der Waals surface area contributed by atoms with Gasteiger partial charge < -0.3 is 31.1 Å². The minimum absolute atomic E-state index is 0.0188. The molecule has 0 radical (unpaired) electrons. The van der Waals surface area contributed by atoms with Crippen molar-refractivity contribution in [3.63, 3.8) is 0 Å². The highest BCUT2D eigenvalue weighted by Crippen LogP contribution is 2.35. The second kappa shape index (κ2) is 17.0. The number of ketones is 1. The summed E-state index contributed by atoms with van der Waals surface area (Å²) in [6, 6.07) is -4.69. The van der Waals surface area contributed by atoms with Gasteiger partial charge in [0.15, 0.2) is 0 Å². The molecule has 14 nitrogen and oxygen atoms in total. The Balaban J connectivity index is 1.86. The Morgan fingerprint density at radius 3 is 2.16 bits per heavy atom. The van der Waals surface area contributed by atoms with E-state index < -0.39 is 70.6 Å². The molecule has 3 aliphatic rings. The van der Waals surface area contributed by atoms with E-state index in [4.69, 9.17) is 0 Å². The number of nitrogens with one attached hydrogen (secondary N) is 4. The minimum Gasteiger partial charge on any atom is -0.346 e. The van der Waals surface area contributed by atoms with Crippen molar-refractivity contribution in [3.05, 3.63) is 12.7 Å². The number of imide groups is 1. The number of urea groups is 2. The van der Waals surface area contributed by atoms with Gasteiger partial charge in [-0.05, 0) is 41.4 Å². The monoisotopic (exact) mass is 715 g/mol. The maximum absolute atomic E-state index is 14.5. The molecule has 1 saturated carbocycles. The summed E-state index contributed by atoms with van der Waals surface area (Å²) >= 11 is 0. The SMILES string of the molecule is C=CCNC(=O)C(=O)C(CCCC1CC1)NC(=O)[C@@H]1[C@@H](C(C)C)CCN1C(=O)[C@@H](NC(=O)N(C)[C@H](CN1C(=O)CNC1=O)C(C)(C)C)C(C)(C)C. The van der Waals surface area contributed by atoms with Gasteiger partial charge in [-0.25, -0.2) is 9.59 Å². The van der Waals surface area contributed by atoms with E-state index >= 15 is 0 Å². The number of carbonyl (C=O) groups excluding carboxylic acids is 7. The molecule has 2 saturated heterocycles. The molecule has 3 rings (SSSR count). The van der Waals surface area contributed by atoms with Crippen LogP contribution >= 0.6 is 0 Å². The Morgan fingerprint density at radius 2 is 1.65 bits per heavy atom. The second-order valence-corrected chi connectivity index (χ2v) is 16.9. The second-order valence-electron chi connectivity index (χ2n) is 16.9. The smallest absolute Gasteiger partial charge is 0.324 e. The highest BCUT2D eigenvalue weighted by atomic mass is 16.2. The molecule has 4 N–H and O–H groups in total. The largest absolute Gasteiger partial charge is 0.346 e. The van der Waals surface area contributed by atoms with Crippen molar-refractivity contribution in [2.75, 3.05) is 33.2 Å². The Hall–Kier alpha value is -3.97. The Morgan fingerprint density at radius 1 is 1.00 bits per heavy atom. The first kappa shape index (κ1) is 41.5. The summed E-state index contributed by atoms with van der Waals surface area (Å²) < 4.78 is 0. The summed E-state index contributed by atoms with van der Waals surface area (Å²) in [5.74, 6) is -2.44. The number of Topliss-reactive ketones (excluding diaryl/α,β-unsaturated/α-hetero) is 1. The number of likely N-dealkylation sites (N-methyl/N-ethyl adjacent to an activating group) is 1. The minimum atomic E-state index is -1.05. The van der Waals surface area contributed by atoms with Gasteiger partial charge in [0.25, 0.3) is 5.91 Å². The fourth-order valence-corrected chi connectivity index (χ4v) is 7.02. The van der Waals surface area contributed by atoms with Crippen molar-refractivity contribution in [1.82, 2.24) is 36.0 Å². The van der Waals surface area contributed by atoms with E-state index in [0.29, 0.717) is 25.2 Å². The van der Waals surface area contributed by atoms with Crippen LogP contribution < -0.4 is 21.3 Å². The fourth-order valence-electron chi connectivity index (χ4n) is 7.02. The van der Waals surface area contributed by atoms with Crippen LogP contribution in [0, 0.1) is 28.6 Å². The normalized spacial score (nSPS) is 21.1. The van der Waals surface area contributed by atoms with Gasteiger partial charge in [0, 0.05) is 20.1 Å². The summed E-state index contributed by atoms with van der Waals surface area (Å²) in [7, 11) is 1.57. The van der Waals surface area contributed by atoms with Crippen molar-refractivity contribution in [2.24, 2.45) is 28.6 Å². The number of nitrogens with zero attached hydrogens (tertiary/aromatic N) is 3. The number of rotatable bonds is 16. The van der Waals surface area contributed by atoms with Gasteiger partial charge >= 0.3 is 12.1 Å². The van der Waals surface area contributed by atoms with Gasteiger partial charge in [0.2, 0.25) is 23.5 Å². The molecule has 8 amide bonds. The molecule has 14 heteroatoms. The van der Waals surface area contributed by atoms with Crippen LogP contribution in [0.3, 0.4) is 0 Å². The lowest BCUT2D eigenvalue weighted by Gasteiger charge is -2.41. The quantitative estimate of drug-likeness (QED) is 0.108. The maximum atomic E-state index is 14.5. The summed E-state index contributed by atoms with van der Waals surface area (Å²) in [6.45, 7) is 19.0. The molecular formula is C37H61N7O7. The Labute approximate surface area is 303 Å². The standard InChI is InChI=1S/C37H61N7O7/c1-11-18-38-32(48)29(46)25(14-12-13-23-15-16-23)40-31(47)28-24(22(2)3)17-19-43(28)33(49)30(37(7,8)9)41-35(51)42(10)26(36(4,5)6)21-44-27(45)20-39-34(44)50/h11,22-26,28,30H,1,12-21H2,2-10H3,(H,38,48)(H,39,50)(H,40,47)(H,41,51)/t24-,25?,26-,28+,30-/m1/s1. The lowest BCUT2D eigenvalue weighted by atomic mass is 9.84. The van der Waals surface area contributed by atoms with Crippen molar-refractivity contribution in [3.8, 4) is 0 Å². The van der Waals surface area contributed by atoms with Crippen LogP contribution in [0.5, 0.6) is 0 Å². The van der Waals surface area contributed by atoms with Gasteiger partial charge in [0.05, 0.1) is 25.2 Å². The number of amides is 8. The summed E-state index contributed by atoms with van der Waals surface area (Å²) in [5, 5.41) is 10.8.